The first-order valence-electron chi connectivity index (χ1n) is 19.5. The largest absolute Gasteiger partial charge is 1.00 e. The number of fused-ring (bicyclic) bond motifs is 2. The number of rotatable bonds is 4. The minimum absolute atomic E-state index is 0. The molecule has 54 heavy (non-hydrogen) atoms. The van der Waals surface area contributed by atoms with E-state index in [4.69, 9.17) is 0 Å². The molecule has 6 rings (SSSR count). The Morgan fingerprint density at radius 2 is 0.778 bits per heavy atom. The molecule has 2 aliphatic heterocycles. The van der Waals surface area contributed by atoms with Gasteiger partial charge in [-0.15, -0.1) is 0 Å². The minimum Gasteiger partial charge on any atom is -1.00 e. The molecule has 2 aromatic rings. The van der Waals surface area contributed by atoms with Gasteiger partial charge in [-0.25, -0.2) is 0 Å². The summed E-state index contributed by atoms with van der Waals surface area (Å²) in [5, 5.41) is 0.897. The average Bonchev–Trinajstić information content (AvgIpc) is 3.67. The van der Waals surface area contributed by atoms with Crippen LogP contribution in [0.4, 0.5) is 0 Å². The van der Waals surface area contributed by atoms with Crippen molar-refractivity contribution < 1.29 is 44.9 Å². The van der Waals surface area contributed by atoms with Crippen LogP contribution < -0.4 is 24.8 Å². The number of hydrogen-bond acceptors (Lipinski definition) is 2. The number of benzene rings is 2. The second kappa shape index (κ2) is 15.8. The van der Waals surface area contributed by atoms with Gasteiger partial charge in [-0.05, 0) is 0 Å². The molecule has 2 aliphatic carbocycles. The zero-order valence-corrected chi connectivity index (χ0v) is 44.1. The summed E-state index contributed by atoms with van der Waals surface area (Å²) in [6.07, 6.45) is 5.19. The molecule has 0 saturated carbocycles. The fraction of sp³-hybridized carbons (Fsp3) is 0.500. The van der Waals surface area contributed by atoms with E-state index < -0.39 is 25.6 Å². The SMILES string of the molecule is CC1=[C]([Hf+2]([C]2=C(C)C=C3SC(C)C(c4cc(C(C)(C)C)cc(C(C)(C)C)c4)=C32)=[Si](C)C)C2=C(c3cc(C(C)(C)C)cc(C(C)(C)C)c3)C(C)SC2=C1.[Cl-].[Cl-]. The zero-order valence-electron chi connectivity index (χ0n) is 36.3. The van der Waals surface area contributed by atoms with Gasteiger partial charge in [-0.2, -0.15) is 0 Å². The molecule has 6 heteroatoms. The first-order valence-corrected chi connectivity index (χ1v) is 32.7. The molecule has 0 spiro atoms. The fourth-order valence-electron chi connectivity index (χ4n) is 8.27. The Labute approximate surface area is 358 Å². The summed E-state index contributed by atoms with van der Waals surface area (Å²) in [5.74, 6) is 0. The van der Waals surface area contributed by atoms with Crippen LogP contribution in [0, 0.1) is 0 Å². The Hall–Kier alpha value is -0.753. The molecule has 0 amide bonds. The monoisotopic (exact) mass is 982 g/mol. The molecule has 0 radical (unpaired) electrons. The van der Waals surface area contributed by atoms with E-state index in [1.54, 1.807) is 43.2 Å². The summed E-state index contributed by atoms with van der Waals surface area (Å²) in [6.45, 7) is 43.7. The Bertz CT molecular complexity index is 1910. The molecular weight excluding hydrogens is 918 g/mol. The van der Waals surface area contributed by atoms with Gasteiger partial charge in [-0.3, -0.25) is 0 Å². The van der Waals surface area contributed by atoms with Gasteiger partial charge in [-0.1, -0.05) is 0 Å². The Kier molecular flexibility index (Phi) is 13.4. The Balaban J connectivity index is 0.00000325. The first-order chi connectivity index (χ1) is 23.8. The third kappa shape index (κ3) is 8.52. The molecule has 4 aliphatic rings. The molecule has 0 bridgehead atoms. The van der Waals surface area contributed by atoms with Crippen LogP contribution in [0.15, 0.2) is 87.3 Å². The molecule has 0 aromatic heterocycles. The fourth-order valence-corrected chi connectivity index (χ4v) is 36.6. The topological polar surface area (TPSA) is 0 Å². The maximum absolute atomic E-state index is 2.70. The summed E-state index contributed by atoms with van der Waals surface area (Å²) in [6, 6.07) is 15.2. The normalized spacial score (nSPS) is 20.1. The maximum atomic E-state index is 2.66. The van der Waals surface area contributed by atoms with Gasteiger partial charge in [0, 0.05) is 0 Å². The van der Waals surface area contributed by atoms with Gasteiger partial charge in [0.15, 0.2) is 0 Å². The number of hydrogen-bond donors (Lipinski definition) is 0. The van der Waals surface area contributed by atoms with Crippen molar-refractivity contribution >= 4 is 40.2 Å². The molecule has 0 N–H and O–H groups in total. The molecule has 0 fully saturated rings. The molecule has 2 unspecified atom stereocenters. The van der Waals surface area contributed by atoms with Crippen molar-refractivity contribution in [2.75, 3.05) is 0 Å². The van der Waals surface area contributed by atoms with E-state index in [1.807, 2.05) is 6.66 Å². The van der Waals surface area contributed by atoms with Gasteiger partial charge in [0.25, 0.3) is 0 Å². The van der Waals surface area contributed by atoms with E-state index in [2.05, 4.69) is 196 Å². The van der Waals surface area contributed by atoms with Crippen LogP contribution >= 0.6 is 23.5 Å². The van der Waals surface area contributed by atoms with Crippen molar-refractivity contribution in [3.8, 4) is 0 Å². The molecule has 2 aromatic carbocycles. The van der Waals surface area contributed by atoms with Crippen LogP contribution in [-0.4, -0.2) is 16.0 Å². The van der Waals surface area contributed by atoms with Crippen LogP contribution in [0.25, 0.3) is 11.1 Å². The van der Waals surface area contributed by atoms with E-state index in [0.717, 1.165) is 0 Å². The van der Waals surface area contributed by atoms with Crippen molar-refractivity contribution in [3.05, 3.63) is 121 Å². The maximum Gasteiger partial charge on any atom is -1.00 e. The predicted molar refractivity (Wildman–Crippen MR) is 235 cm³/mol. The van der Waals surface area contributed by atoms with Crippen LogP contribution in [0.2, 0.25) is 13.1 Å². The molecule has 0 saturated heterocycles. The van der Waals surface area contributed by atoms with Crippen molar-refractivity contribution in [2.24, 2.45) is 0 Å². The van der Waals surface area contributed by atoms with E-state index in [0.29, 0.717) is 10.5 Å². The number of halogens is 2. The smallest absolute Gasteiger partial charge is 1.00 e. The molecule has 2 atom stereocenters. The van der Waals surface area contributed by atoms with Gasteiger partial charge in [0.2, 0.25) is 0 Å². The molecular formula is C48H64Cl2HfS2Si. The first kappa shape index (κ1) is 45.9. The van der Waals surface area contributed by atoms with Crippen LogP contribution in [-0.2, 0) is 41.7 Å². The van der Waals surface area contributed by atoms with Crippen molar-refractivity contribution in [2.45, 2.75) is 156 Å². The number of thioether (sulfide) groups is 2. The summed E-state index contributed by atoms with van der Waals surface area (Å²) >= 11 is 1.53. The van der Waals surface area contributed by atoms with Gasteiger partial charge < -0.3 is 24.8 Å². The van der Waals surface area contributed by atoms with E-state index in [9.17, 15) is 0 Å². The van der Waals surface area contributed by atoms with Crippen LogP contribution in [0.5, 0.6) is 0 Å². The van der Waals surface area contributed by atoms with Crippen LogP contribution in [0.1, 0.15) is 144 Å². The average molecular weight is 983 g/mol. The zero-order chi connectivity index (χ0) is 38.6. The van der Waals surface area contributed by atoms with Crippen molar-refractivity contribution in [3.63, 3.8) is 0 Å². The Morgan fingerprint density at radius 3 is 1.02 bits per heavy atom. The standard InChI is InChI=1S/2C23H29S.C2H6Si.2ClH.Hf/c2*1-14-9-19-20(10-14)24-15(2)21(19)16-11-17(22(3,4)5)13-18(12-16)23(6,7)8;1-3-2;;;/h2*10-13,15H,1-8H3;1-2H3;2*1H;/q;;;;;+2/p-2. The van der Waals surface area contributed by atoms with Crippen molar-refractivity contribution in [1.82, 2.24) is 0 Å². The molecule has 2 heterocycles. The summed E-state index contributed by atoms with van der Waals surface area (Å²) in [4.78, 5) is 3.08. The molecule has 290 valence electrons. The Morgan fingerprint density at radius 1 is 0.500 bits per heavy atom. The second-order valence-corrected chi connectivity index (χ2v) is 46.1. The van der Waals surface area contributed by atoms with Gasteiger partial charge in [0.1, 0.15) is 0 Å². The van der Waals surface area contributed by atoms with Gasteiger partial charge in [0.05, 0.1) is 0 Å². The summed E-state index contributed by atoms with van der Waals surface area (Å²) < 4.78 is 3.65. The predicted octanol–water partition coefficient (Wildman–Crippen LogP) is 8.57. The third-order valence-electron chi connectivity index (χ3n) is 11.4. The molecule has 0 nitrogen and oxygen atoms in total. The minimum atomic E-state index is -2.70. The van der Waals surface area contributed by atoms with E-state index >= 15 is 0 Å². The van der Waals surface area contributed by atoms with Gasteiger partial charge >= 0.3 is 337 Å². The summed E-state index contributed by atoms with van der Waals surface area (Å²) in [7, 11) is 0. The number of allylic oxidation sites excluding steroid dienone is 8. The van der Waals surface area contributed by atoms with E-state index in [1.165, 1.54) is 33.4 Å². The van der Waals surface area contributed by atoms with Crippen molar-refractivity contribution in [1.29, 1.82) is 0 Å². The quantitative estimate of drug-likeness (QED) is 0.282. The third-order valence-corrected chi connectivity index (χ3v) is 37.8. The summed E-state index contributed by atoms with van der Waals surface area (Å²) in [5.41, 5.74) is 18.1. The van der Waals surface area contributed by atoms with Crippen LogP contribution in [0.3, 0.4) is 0 Å². The second-order valence-electron chi connectivity index (χ2n) is 20.2. The van der Waals surface area contributed by atoms with E-state index in [-0.39, 0.29) is 46.5 Å².